The van der Waals surface area contributed by atoms with Gasteiger partial charge in [0.15, 0.2) is 0 Å². The number of halogens is 2. The van der Waals surface area contributed by atoms with Gasteiger partial charge in [0, 0.05) is 12.3 Å². The average Bonchev–Trinajstić information content (AvgIpc) is 2.30. The third-order valence-electron chi connectivity index (χ3n) is 2.37. The summed E-state index contributed by atoms with van der Waals surface area (Å²) in [6.45, 7) is 0. The number of terminal acetylenes is 1. The van der Waals surface area contributed by atoms with Crippen LogP contribution in [0.25, 0.3) is 0 Å². The molecule has 1 aromatic heterocycles. The molecule has 2 rings (SSSR count). The molecule has 1 heterocycles. The summed E-state index contributed by atoms with van der Waals surface area (Å²) >= 11 is 0. The van der Waals surface area contributed by atoms with E-state index in [-0.39, 0.29) is 0 Å². The molecular formula is C14H9F2N. The van der Waals surface area contributed by atoms with Crippen LogP contribution in [0.1, 0.15) is 17.2 Å². The highest BCUT2D eigenvalue weighted by molar-refractivity contribution is 5.36. The molecule has 3 heteroatoms. The second-order valence-electron chi connectivity index (χ2n) is 3.56. The maximum Gasteiger partial charge on any atom is 0.126 e. The van der Waals surface area contributed by atoms with Gasteiger partial charge in [-0.1, -0.05) is 12.0 Å². The predicted octanol–water partition coefficient (Wildman–Crippen LogP) is 3.12. The molecule has 0 saturated carbocycles. The summed E-state index contributed by atoms with van der Waals surface area (Å²) in [6, 6.07) is 8.53. The van der Waals surface area contributed by atoms with Crippen LogP contribution in [-0.2, 0) is 0 Å². The van der Waals surface area contributed by atoms with E-state index in [4.69, 9.17) is 6.42 Å². The van der Waals surface area contributed by atoms with Crippen LogP contribution in [0.4, 0.5) is 8.78 Å². The lowest BCUT2D eigenvalue weighted by Gasteiger charge is -2.10. The van der Waals surface area contributed by atoms with E-state index in [1.54, 1.807) is 24.4 Å². The zero-order valence-corrected chi connectivity index (χ0v) is 8.90. The van der Waals surface area contributed by atoms with Crippen molar-refractivity contribution in [1.29, 1.82) is 0 Å². The quantitative estimate of drug-likeness (QED) is 0.721. The summed E-state index contributed by atoms with van der Waals surface area (Å²) in [6.07, 6.45) is 6.99. The van der Waals surface area contributed by atoms with Crippen LogP contribution in [0.15, 0.2) is 42.6 Å². The van der Waals surface area contributed by atoms with Gasteiger partial charge in [-0.15, -0.1) is 6.42 Å². The zero-order valence-electron chi connectivity index (χ0n) is 8.90. The lowest BCUT2D eigenvalue weighted by Crippen LogP contribution is -2.01. The van der Waals surface area contributed by atoms with Crippen molar-refractivity contribution in [3.05, 3.63) is 65.5 Å². The molecular weight excluding hydrogens is 220 g/mol. The molecule has 84 valence electrons. The first-order chi connectivity index (χ1) is 8.20. The van der Waals surface area contributed by atoms with Crippen molar-refractivity contribution in [1.82, 2.24) is 4.98 Å². The Balaban J connectivity index is 2.47. The topological polar surface area (TPSA) is 12.9 Å². The standard InChI is InChI=1S/C14H9F2N/c1-2-13(14-5-3-4-6-17-14)10-7-11(15)9-12(16)8-10/h1,3-9,13H. The van der Waals surface area contributed by atoms with Crippen molar-refractivity contribution in [2.45, 2.75) is 5.92 Å². The summed E-state index contributed by atoms with van der Waals surface area (Å²) in [4.78, 5) is 4.10. The number of aromatic nitrogens is 1. The van der Waals surface area contributed by atoms with Gasteiger partial charge in [0.25, 0.3) is 0 Å². The van der Waals surface area contributed by atoms with E-state index in [1.165, 1.54) is 12.1 Å². The maximum atomic E-state index is 13.1. The Morgan fingerprint density at radius 2 is 1.82 bits per heavy atom. The number of rotatable bonds is 2. The number of nitrogens with zero attached hydrogens (tertiary/aromatic N) is 1. The molecule has 0 radical (unpaired) electrons. The largest absolute Gasteiger partial charge is 0.260 e. The van der Waals surface area contributed by atoms with Gasteiger partial charge in [-0.3, -0.25) is 4.98 Å². The first-order valence-electron chi connectivity index (χ1n) is 5.04. The Bertz CT molecular complexity index is 538. The predicted molar refractivity (Wildman–Crippen MR) is 61.3 cm³/mol. The third kappa shape index (κ3) is 2.48. The van der Waals surface area contributed by atoms with Gasteiger partial charge in [-0.05, 0) is 29.8 Å². The molecule has 0 saturated heterocycles. The Kier molecular flexibility index (Phi) is 3.15. The lowest BCUT2D eigenvalue weighted by atomic mass is 9.96. The third-order valence-corrected chi connectivity index (χ3v) is 2.37. The van der Waals surface area contributed by atoms with Gasteiger partial charge in [-0.25, -0.2) is 8.78 Å². The molecule has 2 aromatic rings. The smallest absolute Gasteiger partial charge is 0.126 e. The van der Waals surface area contributed by atoms with E-state index in [0.29, 0.717) is 11.3 Å². The van der Waals surface area contributed by atoms with Crippen LogP contribution in [0, 0.1) is 24.0 Å². The van der Waals surface area contributed by atoms with Crippen molar-refractivity contribution in [2.24, 2.45) is 0 Å². The monoisotopic (exact) mass is 229 g/mol. The Morgan fingerprint density at radius 1 is 1.12 bits per heavy atom. The molecule has 17 heavy (non-hydrogen) atoms. The van der Waals surface area contributed by atoms with Crippen LogP contribution >= 0.6 is 0 Å². The van der Waals surface area contributed by atoms with Crippen LogP contribution in [0.3, 0.4) is 0 Å². The van der Waals surface area contributed by atoms with Crippen molar-refractivity contribution in [2.75, 3.05) is 0 Å². The fraction of sp³-hybridized carbons (Fsp3) is 0.0714. The van der Waals surface area contributed by atoms with Gasteiger partial charge in [-0.2, -0.15) is 0 Å². The molecule has 0 spiro atoms. The molecule has 1 unspecified atom stereocenters. The van der Waals surface area contributed by atoms with E-state index in [9.17, 15) is 8.78 Å². The molecule has 0 aliphatic rings. The first-order valence-corrected chi connectivity index (χ1v) is 5.04. The molecule has 1 nitrogen and oxygen atoms in total. The molecule has 0 fully saturated rings. The van der Waals surface area contributed by atoms with Gasteiger partial charge in [0.2, 0.25) is 0 Å². The Labute approximate surface area is 98.1 Å². The minimum Gasteiger partial charge on any atom is -0.260 e. The minimum atomic E-state index is -0.642. The molecule has 0 aliphatic carbocycles. The fourth-order valence-electron chi connectivity index (χ4n) is 1.64. The summed E-state index contributed by atoms with van der Waals surface area (Å²) in [5.41, 5.74) is 0.990. The molecule has 0 bridgehead atoms. The van der Waals surface area contributed by atoms with E-state index in [0.717, 1.165) is 6.07 Å². The second kappa shape index (κ2) is 4.75. The summed E-state index contributed by atoms with van der Waals surface area (Å²) in [5.74, 6) is 0.668. The lowest BCUT2D eigenvalue weighted by molar-refractivity contribution is 0.579. The Morgan fingerprint density at radius 3 is 2.35 bits per heavy atom. The molecule has 0 aliphatic heterocycles. The van der Waals surface area contributed by atoms with E-state index >= 15 is 0 Å². The number of hydrogen-bond donors (Lipinski definition) is 0. The van der Waals surface area contributed by atoms with Gasteiger partial charge in [0.05, 0.1) is 11.6 Å². The highest BCUT2D eigenvalue weighted by Gasteiger charge is 2.14. The number of pyridine rings is 1. The van der Waals surface area contributed by atoms with Gasteiger partial charge >= 0.3 is 0 Å². The van der Waals surface area contributed by atoms with Crippen LogP contribution in [0.2, 0.25) is 0 Å². The normalized spacial score (nSPS) is 11.8. The maximum absolute atomic E-state index is 13.1. The summed E-state index contributed by atoms with van der Waals surface area (Å²) in [5, 5.41) is 0. The number of benzene rings is 1. The van der Waals surface area contributed by atoms with Crippen LogP contribution in [-0.4, -0.2) is 4.98 Å². The second-order valence-corrected chi connectivity index (χ2v) is 3.56. The van der Waals surface area contributed by atoms with Gasteiger partial charge < -0.3 is 0 Å². The van der Waals surface area contributed by atoms with Gasteiger partial charge in [0.1, 0.15) is 11.6 Å². The minimum absolute atomic E-state index is 0.392. The number of hydrogen-bond acceptors (Lipinski definition) is 1. The van der Waals surface area contributed by atoms with Crippen molar-refractivity contribution < 1.29 is 8.78 Å². The Hall–Kier alpha value is -2.21. The first kappa shape index (κ1) is 11.3. The highest BCUT2D eigenvalue weighted by atomic mass is 19.1. The van der Waals surface area contributed by atoms with E-state index in [1.807, 2.05) is 0 Å². The summed E-state index contributed by atoms with van der Waals surface area (Å²) in [7, 11) is 0. The fourth-order valence-corrected chi connectivity index (χ4v) is 1.64. The van der Waals surface area contributed by atoms with Crippen molar-refractivity contribution >= 4 is 0 Å². The summed E-state index contributed by atoms with van der Waals surface area (Å²) < 4.78 is 26.2. The molecule has 1 aromatic carbocycles. The van der Waals surface area contributed by atoms with E-state index < -0.39 is 17.6 Å². The average molecular weight is 229 g/mol. The molecule has 0 amide bonds. The van der Waals surface area contributed by atoms with Crippen LogP contribution in [0.5, 0.6) is 0 Å². The zero-order chi connectivity index (χ0) is 12.3. The SMILES string of the molecule is C#CC(c1cc(F)cc(F)c1)c1ccccn1. The van der Waals surface area contributed by atoms with E-state index in [2.05, 4.69) is 10.9 Å². The highest BCUT2D eigenvalue weighted by Crippen LogP contribution is 2.23. The molecule has 0 N–H and O–H groups in total. The van der Waals surface area contributed by atoms with Crippen molar-refractivity contribution in [3.8, 4) is 12.3 Å². The van der Waals surface area contributed by atoms with Crippen molar-refractivity contribution in [3.63, 3.8) is 0 Å². The molecule has 1 atom stereocenters. The van der Waals surface area contributed by atoms with Crippen LogP contribution < -0.4 is 0 Å².